The minimum atomic E-state index is -0.574. The Bertz CT molecular complexity index is 670. The quantitative estimate of drug-likeness (QED) is 0.731. The Morgan fingerprint density at radius 1 is 1.21 bits per heavy atom. The van der Waals surface area contributed by atoms with Gasteiger partial charge < -0.3 is 15.3 Å². The van der Waals surface area contributed by atoms with E-state index in [0.717, 1.165) is 11.3 Å². The van der Waals surface area contributed by atoms with Crippen LogP contribution in [-0.2, 0) is 0 Å². The van der Waals surface area contributed by atoms with Gasteiger partial charge in [0.15, 0.2) is 0 Å². The molecule has 0 bridgehead atoms. The highest BCUT2D eigenvalue weighted by Crippen LogP contribution is 2.19. The molecule has 2 rings (SSSR count). The number of hydrogen-bond acceptors (Lipinski definition) is 3. The summed E-state index contributed by atoms with van der Waals surface area (Å²) in [5, 5.41) is 13.4. The van der Waals surface area contributed by atoms with Crippen LogP contribution in [0.3, 0.4) is 0 Å². The van der Waals surface area contributed by atoms with Crippen molar-refractivity contribution < 1.29 is 9.90 Å². The summed E-state index contributed by atoms with van der Waals surface area (Å²) >= 11 is 0. The molecule has 0 saturated carbocycles. The van der Waals surface area contributed by atoms with Crippen LogP contribution in [0.15, 0.2) is 67.3 Å². The number of para-hydroxylation sites is 1. The second-order valence-corrected chi connectivity index (χ2v) is 5.66. The largest absolute Gasteiger partial charge is 0.388 e. The van der Waals surface area contributed by atoms with Gasteiger partial charge in [0.05, 0.1) is 11.7 Å². The third-order valence-electron chi connectivity index (χ3n) is 3.86. The monoisotopic (exact) mass is 324 g/mol. The topological polar surface area (TPSA) is 52.6 Å². The van der Waals surface area contributed by atoms with E-state index in [2.05, 4.69) is 11.9 Å². The zero-order chi connectivity index (χ0) is 17.4. The number of amides is 1. The molecule has 1 amide bonds. The van der Waals surface area contributed by atoms with Crippen molar-refractivity contribution in [2.24, 2.45) is 0 Å². The fourth-order valence-corrected chi connectivity index (χ4v) is 2.47. The fraction of sp³-hybridized carbons (Fsp3) is 0.250. The van der Waals surface area contributed by atoms with E-state index < -0.39 is 6.10 Å². The number of carbonyl (C=O) groups is 1. The third-order valence-corrected chi connectivity index (χ3v) is 3.86. The Morgan fingerprint density at radius 2 is 1.88 bits per heavy atom. The molecule has 0 heterocycles. The Morgan fingerprint density at radius 3 is 2.58 bits per heavy atom. The zero-order valence-electron chi connectivity index (χ0n) is 14.0. The normalized spacial score (nSPS) is 11.6. The molecule has 0 aliphatic rings. The molecule has 24 heavy (non-hydrogen) atoms. The van der Waals surface area contributed by atoms with Gasteiger partial charge in [0.1, 0.15) is 0 Å². The Balaban J connectivity index is 1.98. The molecular formula is C20H24N2O2. The van der Waals surface area contributed by atoms with E-state index >= 15 is 0 Å². The van der Waals surface area contributed by atoms with Crippen LogP contribution >= 0.6 is 0 Å². The van der Waals surface area contributed by atoms with E-state index in [1.165, 1.54) is 0 Å². The van der Waals surface area contributed by atoms with Gasteiger partial charge in [0.2, 0.25) is 0 Å². The highest BCUT2D eigenvalue weighted by atomic mass is 16.3. The van der Waals surface area contributed by atoms with E-state index in [-0.39, 0.29) is 5.91 Å². The van der Waals surface area contributed by atoms with Gasteiger partial charge in [-0.1, -0.05) is 48.5 Å². The standard InChI is InChI=1S/C20H24N2O2/c1-3-14-21-18-12-8-7-11-17(18)20(24)22(2)15-13-19(23)16-9-5-4-6-10-16/h3-12,19,21,23H,1,13-15H2,2H3/t19-/m1/s1. The summed E-state index contributed by atoms with van der Waals surface area (Å²) in [4.78, 5) is 14.3. The van der Waals surface area contributed by atoms with Crippen LogP contribution < -0.4 is 5.32 Å². The first kappa shape index (κ1) is 17.8. The number of aliphatic hydroxyl groups excluding tert-OH is 1. The molecule has 126 valence electrons. The molecule has 0 spiro atoms. The van der Waals surface area contributed by atoms with Gasteiger partial charge in [-0.2, -0.15) is 0 Å². The lowest BCUT2D eigenvalue weighted by molar-refractivity contribution is 0.0762. The van der Waals surface area contributed by atoms with Crippen LogP contribution in [0.5, 0.6) is 0 Å². The molecule has 2 N–H and O–H groups in total. The second-order valence-electron chi connectivity index (χ2n) is 5.66. The maximum absolute atomic E-state index is 12.7. The molecule has 0 radical (unpaired) electrons. The number of aliphatic hydroxyl groups is 1. The van der Waals surface area contributed by atoms with Crippen LogP contribution in [0.1, 0.15) is 28.4 Å². The summed E-state index contributed by atoms with van der Waals surface area (Å²) in [5.41, 5.74) is 2.28. The SMILES string of the molecule is C=CCNc1ccccc1C(=O)N(C)CC[C@@H](O)c1ccccc1. The number of carbonyl (C=O) groups excluding carboxylic acids is 1. The minimum Gasteiger partial charge on any atom is -0.388 e. The van der Waals surface area contributed by atoms with Crippen molar-refractivity contribution in [3.05, 3.63) is 78.4 Å². The second kappa shape index (κ2) is 8.89. The van der Waals surface area contributed by atoms with Crippen LogP contribution in [-0.4, -0.2) is 36.1 Å². The van der Waals surface area contributed by atoms with Crippen LogP contribution in [0, 0.1) is 0 Å². The molecule has 4 heteroatoms. The maximum Gasteiger partial charge on any atom is 0.255 e. The molecule has 4 nitrogen and oxygen atoms in total. The van der Waals surface area contributed by atoms with Crippen LogP contribution in [0.2, 0.25) is 0 Å². The van der Waals surface area contributed by atoms with E-state index in [9.17, 15) is 9.90 Å². The fourth-order valence-electron chi connectivity index (χ4n) is 2.47. The molecule has 0 aliphatic carbocycles. The lowest BCUT2D eigenvalue weighted by Crippen LogP contribution is -2.29. The van der Waals surface area contributed by atoms with Gasteiger partial charge >= 0.3 is 0 Å². The molecule has 1 atom stereocenters. The van der Waals surface area contributed by atoms with Crippen LogP contribution in [0.4, 0.5) is 5.69 Å². The van der Waals surface area contributed by atoms with Crippen molar-refractivity contribution >= 4 is 11.6 Å². The molecule has 2 aromatic carbocycles. The molecule has 0 aliphatic heterocycles. The van der Waals surface area contributed by atoms with Gasteiger partial charge in [0, 0.05) is 25.8 Å². The van der Waals surface area contributed by atoms with Crippen molar-refractivity contribution in [1.82, 2.24) is 4.90 Å². The zero-order valence-corrected chi connectivity index (χ0v) is 14.0. The third kappa shape index (κ3) is 4.70. The van der Waals surface area contributed by atoms with Gasteiger partial charge in [-0.25, -0.2) is 0 Å². The number of rotatable bonds is 8. The number of benzene rings is 2. The van der Waals surface area contributed by atoms with Crippen LogP contribution in [0.25, 0.3) is 0 Å². The summed E-state index contributed by atoms with van der Waals surface area (Å²) in [5.74, 6) is -0.0672. The van der Waals surface area contributed by atoms with Gasteiger partial charge in [0.25, 0.3) is 5.91 Å². The Hall–Kier alpha value is -2.59. The lowest BCUT2D eigenvalue weighted by Gasteiger charge is -2.21. The highest BCUT2D eigenvalue weighted by molar-refractivity contribution is 5.99. The van der Waals surface area contributed by atoms with E-state index in [0.29, 0.717) is 25.1 Å². The highest BCUT2D eigenvalue weighted by Gasteiger charge is 2.16. The predicted molar refractivity (Wildman–Crippen MR) is 98.1 cm³/mol. The van der Waals surface area contributed by atoms with Gasteiger partial charge in [-0.3, -0.25) is 4.79 Å². The average Bonchev–Trinajstić information content (AvgIpc) is 2.64. The summed E-state index contributed by atoms with van der Waals surface area (Å²) in [7, 11) is 1.75. The molecule has 0 unspecified atom stereocenters. The number of hydrogen-bond donors (Lipinski definition) is 2. The number of nitrogens with zero attached hydrogens (tertiary/aromatic N) is 1. The van der Waals surface area contributed by atoms with E-state index in [1.54, 1.807) is 24.1 Å². The molecule has 0 saturated heterocycles. The minimum absolute atomic E-state index is 0.0672. The number of nitrogens with one attached hydrogen (secondary N) is 1. The van der Waals surface area contributed by atoms with Gasteiger partial charge in [-0.05, 0) is 24.1 Å². The summed E-state index contributed by atoms with van der Waals surface area (Å²) < 4.78 is 0. The molecule has 2 aromatic rings. The molecule has 0 aromatic heterocycles. The Labute approximate surface area is 143 Å². The van der Waals surface area contributed by atoms with E-state index in [4.69, 9.17) is 0 Å². The van der Waals surface area contributed by atoms with E-state index in [1.807, 2.05) is 48.5 Å². The lowest BCUT2D eigenvalue weighted by atomic mass is 10.1. The Kier molecular flexibility index (Phi) is 6.58. The summed E-state index contributed by atoms with van der Waals surface area (Å²) in [6, 6.07) is 16.9. The first-order chi connectivity index (χ1) is 11.6. The molecule has 0 fully saturated rings. The average molecular weight is 324 g/mol. The smallest absolute Gasteiger partial charge is 0.255 e. The van der Waals surface area contributed by atoms with Crippen molar-refractivity contribution in [2.75, 3.05) is 25.5 Å². The van der Waals surface area contributed by atoms with Crippen molar-refractivity contribution in [1.29, 1.82) is 0 Å². The first-order valence-electron chi connectivity index (χ1n) is 8.05. The predicted octanol–water partition coefficient (Wildman–Crippen LogP) is 3.48. The van der Waals surface area contributed by atoms with Crippen molar-refractivity contribution in [3.63, 3.8) is 0 Å². The summed E-state index contributed by atoms with van der Waals surface area (Å²) in [6.07, 6.45) is 1.67. The van der Waals surface area contributed by atoms with Crippen molar-refractivity contribution in [3.8, 4) is 0 Å². The molecular weight excluding hydrogens is 300 g/mol. The van der Waals surface area contributed by atoms with Gasteiger partial charge in [-0.15, -0.1) is 6.58 Å². The first-order valence-corrected chi connectivity index (χ1v) is 8.05. The maximum atomic E-state index is 12.7. The van der Waals surface area contributed by atoms with Crippen molar-refractivity contribution in [2.45, 2.75) is 12.5 Å². The summed E-state index contributed by atoms with van der Waals surface area (Å²) in [6.45, 7) is 4.75. The number of anilines is 1.